The molecule has 2 nitrogen and oxygen atoms in total. The Morgan fingerprint density at radius 3 is 1.32 bits per heavy atom. The molecule has 0 aliphatic rings. The van der Waals surface area contributed by atoms with E-state index < -0.39 is 0 Å². The van der Waals surface area contributed by atoms with Gasteiger partial charge in [0.15, 0.2) is 0 Å². The summed E-state index contributed by atoms with van der Waals surface area (Å²) < 4.78 is 0. The van der Waals surface area contributed by atoms with Crippen LogP contribution in [0.3, 0.4) is 0 Å². The number of benzene rings is 4. The first-order valence-corrected chi connectivity index (χ1v) is 16.5. The van der Waals surface area contributed by atoms with Crippen LogP contribution in [-0.2, 0) is 9.47 Å². The van der Waals surface area contributed by atoms with E-state index >= 15 is 0 Å². The molecule has 0 aliphatic carbocycles. The fourth-order valence-corrected chi connectivity index (χ4v) is 3.05. The van der Waals surface area contributed by atoms with E-state index in [1.165, 1.54) is 0 Å². The van der Waals surface area contributed by atoms with Crippen LogP contribution < -0.4 is 0 Å². The second-order valence-corrected chi connectivity index (χ2v) is 17.2. The summed E-state index contributed by atoms with van der Waals surface area (Å²) in [5, 5.41) is 24.8. The van der Waals surface area contributed by atoms with E-state index in [2.05, 4.69) is 40.0 Å². The molecule has 5 heteroatoms. The second-order valence-electron chi connectivity index (χ2n) is 5.43. The van der Waals surface area contributed by atoms with Crippen molar-refractivity contribution >= 4 is 61.5 Å². The molecule has 125 valence electrons. The van der Waals surface area contributed by atoms with Gasteiger partial charge in [0.05, 0.1) is 0 Å². The molecule has 4 aromatic rings. The van der Waals surface area contributed by atoms with Crippen LogP contribution in [0, 0.1) is 0 Å². The summed E-state index contributed by atoms with van der Waals surface area (Å²) in [6.07, 6.45) is 0. The van der Waals surface area contributed by atoms with Crippen molar-refractivity contribution in [1.82, 2.24) is 0 Å². The quantitative estimate of drug-likeness (QED) is 0.238. The Morgan fingerprint density at radius 2 is 0.920 bits per heavy atom. The third kappa shape index (κ3) is 3.92. The average molecular weight is 591 g/mol. The van der Waals surface area contributed by atoms with Crippen molar-refractivity contribution in [2.75, 3.05) is 0 Å². The Labute approximate surface area is 175 Å². The average Bonchev–Trinajstić information content (AvgIpc) is 2.63. The summed E-state index contributed by atoms with van der Waals surface area (Å²) in [5.41, 5.74) is 1.35. The molecule has 0 heterocycles. The first kappa shape index (κ1) is 18.8. The third-order valence-electron chi connectivity index (χ3n) is 4.06. The molecule has 0 fully saturated rings. The predicted octanol–water partition coefficient (Wildman–Crippen LogP) is 6.84. The Balaban J connectivity index is 0.000000569. The number of rotatable bonds is 1. The van der Waals surface area contributed by atoms with Gasteiger partial charge >= 0.3 is 49.4 Å². The minimum absolute atomic E-state index is 0.172. The normalized spacial score (nSPS) is 10.3. The summed E-state index contributed by atoms with van der Waals surface area (Å²) in [7, 11) is 0.628. The summed E-state index contributed by atoms with van der Waals surface area (Å²) in [6, 6.07) is 22.9. The first-order valence-electron chi connectivity index (χ1n) is 7.51. The molecule has 0 saturated heterocycles. The summed E-state index contributed by atoms with van der Waals surface area (Å²) in [4.78, 5) is 0. The van der Waals surface area contributed by atoms with Crippen molar-refractivity contribution < 1.29 is 19.7 Å². The van der Waals surface area contributed by atoms with Crippen molar-refractivity contribution in [1.29, 1.82) is 0 Å². The number of hydrogen-bond donors (Lipinski definition) is 2. The van der Waals surface area contributed by atoms with Crippen LogP contribution >= 0.6 is 40.0 Å². The van der Waals surface area contributed by atoms with E-state index in [-0.39, 0.29) is 11.5 Å². The van der Waals surface area contributed by atoms with Gasteiger partial charge < -0.3 is 10.2 Å². The predicted molar refractivity (Wildman–Crippen MR) is 118 cm³/mol. The van der Waals surface area contributed by atoms with Gasteiger partial charge in [-0.2, -0.15) is 0 Å². The molecule has 0 saturated carbocycles. The summed E-state index contributed by atoms with van der Waals surface area (Å²) >= 11 is 4.74. The summed E-state index contributed by atoms with van der Waals surface area (Å²) in [5.74, 6) is 0.343. The molecular formula is C20H14I2O2V. The zero-order valence-electron chi connectivity index (χ0n) is 13.0. The fourth-order valence-electron chi connectivity index (χ4n) is 3.05. The van der Waals surface area contributed by atoms with E-state index in [0.717, 1.165) is 21.5 Å². The molecule has 0 aliphatic heterocycles. The van der Waals surface area contributed by atoms with Crippen molar-refractivity contribution in [3.8, 4) is 22.6 Å². The molecule has 4 aromatic carbocycles. The molecule has 0 aromatic heterocycles. The van der Waals surface area contributed by atoms with E-state index in [0.29, 0.717) is 20.6 Å². The molecule has 0 amide bonds. The molecule has 0 radical (unpaired) electrons. The molecule has 2 N–H and O–H groups in total. The van der Waals surface area contributed by atoms with Gasteiger partial charge in [-0.3, -0.25) is 0 Å². The van der Waals surface area contributed by atoms with Crippen LogP contribution in [0.4, 0.5) is 0 Å². The van der Waals surface area contributed by atoms with Gasteiger partial charge in [-0.25, -0.2) is 0 Å². The van der Waals surface area contributed by atoms with Gasteiger partial charge in [-0.1, -0.05) is 60.7 Å². The monoisotopic (exact) mass is 591 g/mol. The molecule has 25 heavy (non-hydrogen) atoms. The Bertz CT molecular complexity index is 951. The van der Waals surface area contributed by atoms with Crippen LogP contribution in [0.1, 0.15) is 0 Å². The standard InChI is InChI=1S/C20H14O2.2HI.V/c21-17-11-9-13-5-1-3-7-15(13)19(17)20-16-8-4-2-6-14(16)10-12-18(20)22;;;/h1-12,21-22H;2*1H;/q;;;+2/p-2. The van der Waals surface area contributed by atoms with Crippen LogP contribution in [0.2, 0.25) is 0 Å². The minimum atomic E-state index is 0.172. The SMILES string of the molecule is Oc1ccc2ccccc2c1-c1c(O)ccc2ccccc12.[I][V][I]. The Kier molecular flexibility index (Phi) is 6.49. The number of hydrogen-bond acceptors (Lipinski definition) is 2. The van der Waals surface area contributed by atoms with Crippen LogP contribution in [0.15, 0.2) is 72.8 Å². The fraction of sp³-hybridized carbons (Fsp3) is 0. The maximum atomic E-state index is 10.4. The van der Waals surface area contributed by atoms with Gasteiger partial charge in [0.2, 0.25) is 0 Å². The third-order valence-corrected chi connectivity index (χ3v) is 4.06. The van der Waals surface area contributed by atoms with Gasteiger partial charge in [0, 0.05) is 11.1 Å². The first-order chi connectivity index (χ1) is 12.2. The van der Waals surface area contributed by atoms with Crippen LogP contribution in [-0.4, -0.2) is 10.2 Å². The summed E-state index contributed by atoms with van der Waals surface area (Å²) in [6.45, 7) is 0. The number of phenols is 2. The van der Waals surface area contributed by atoms with E-state index in [4.69, 9.17) is 0 Å². The Morgan fingerprint density at radius 1 is 0.560 bits per heavy atom. The molecule has 4 rings (SSSR count). The molecule has 0 spiro atoms. The number of halogens is 2. The topological polar surface area (TPSA) is 40.5 Å². The molecule has 0 unspecified atom stereocenters. The Hall–Kier alpha value is -0.956. The molecule has 0 bridgehead atoms. The maximum absolute atomic E-state index is 10.4. The van der Waals surface area contributed by atoms with Gasteiger partial charge in [0.25, 0.3) is 0 Å². The zero-order valence-corrected chi connectivity index (χ0v) is 18.7. The molecular weight excluding hydrogens is 577 g/mol. The van der Waals surface area contributed by atoms with Crippen LogP contribution in [0.25, 0.3) is 32.7 Å². The van der Waals surface area contributed by atoms with Gasteiger partial charge in [-0.05, 0) is 33.7 Å². The number of phenolic OH excluding ortho intramolecular Hbond substituents is 2. The van der Waals surface area contributed by atoms with Crippen molar-refractivity contribution in [3.63, 3.8) is 0 Å². The second kappa shape index (κ2) is 8.62. The van der Waals surface area contributed by atoms with Crippen LogP contribution in [0.5, 0.6) is 11.5 Å². The van der Waals surface area contributed by atoms with Crippen molar-refractivity contribution in [2.45, 2.75) is 0 Å². The van der Waals surface area contributed by atoms with Gasteiger partial charge in [0.1, 0.15) is 11.5 Å². The zero-order chi connectivity index (χ0) is 17.8. The molecule has 0 atom stereocenters. The number of fused-ring (bicyclic) bond motifs is 2. The van der Waals surface area contributed by atoms with Gasteiger partial charge in [-0.15, -0.1) is 0 Å². The van der Waals surface area contributed by atoms with Crippen molar-refractivity contribution in [2.24, 2.45) is 0 Å². The van der Waals surface area contributed by atoms with E-state index in [9.17, 15) is 10.2 Å². The number of aromatic hydroxyl groups is 2. The van der Waals surface area contributed by atoms with E-state index in [1.807, 2.05) is 60.7 Å². The van der Waals surface area contributed by atoms with Crippen molar-refractivity contribution in [3.05, 3.63) is 72.8 Å². The van der Waals surface area contributed by atoms with E-state index in [1.54, 1.807) is 12.1 Å².